The monoisotopic (exact) mass is 262 g/mol. The molecule has 0 spiro atoms. The van der Waals surface area contributed by atoms with Gasteiger partial charge in [0.2, 0.25) is 5.91 Å². The van der Waals surface area contributed by atoms with Crippen molar-refractivity contribution in [2.45, 2.75) is 57.4 Å². The highest BCUT2D eigenvalue weighted by molar-refractivity contribution is 5.83. The van der Waals surface area contributed by atoms with Gasteiger partial charge in [-0.1, -0.05) is 0 Å². The second-order valence-corrected chi connectivity index (χ2v) is 7.91. The average Bonchev–Trinajstić information content (AvgIpc) is 3.18. The van der Waals surface area contributed by atoms with Gasteiger partial charge in [0.1, 0.15) is 0 Å². The third kappa shape index (κ3) is 2.10. The minimum absolute atomic E-state index is 0.00196. The van der Waals surface area contributed by atoms with Gasteiger partial charge < -0.3 is 11.1 Å². The fraction of sp³-hybridized carbons (Fsp3) is 0.938. The Morgan fingerprint density at radius 3 is 2.11 bits per heavy atom. The minimum Gasteiger partial charge on any atom is -0.354 e. The number of carbonyl (C=O) groups is 1. The molecule has 1 unspecified atom stereocenters. The van der Waals surface area contributed by atoms with E-state index in [0.717, 1.165) is 37.0 Å². The summed E-state index contributed by atoms with van der Waals surface area (Å²) in [5.74, 6) is 3.54. The molecule has 106 valence electrons. The molecule has 0 saturated heterocycles. The highest BCUT2D eigenvalue weighted by Crippen LogP contribution is 2.60. The van der Waals surface area contributed by atoms with E-state index in [4.69, 9.17) is 5.73 Å². The molecule has 0 aromatic heterocycles. The van der Waals surface area contributed by atoms with Gasteiger partial charge in [0, 0.05) is 18.0 Å². The molecular formula is C16H26N2O. The Labute approximate surface area is 115 Å². The van der Waals surface area contributed by atoms with Crippen molar-refractivity contribution >= 4 is 5.91 Å². The average molecular weight is 262 g/mol. The second-order valence-electron chi connectivity index (χ2n) is 7.91. The Morgan fingerprint density at radius 1 is 1.11 bits per heavy atom. The molecule has 5 saturated carbocycles. The molecule has 5 aliphatic carbocycles. The van der Waals surface area contributed by atoms with Crippen LogP contribution in [-0.2, 0) is 4.79 Å². The van der Waals surface area contributed by atoms with Crippen molar-refractivity contribution in [3.8, 4) is 0 Å². The third-order valence-corrected chi connectivity index (χ3v) is 6.25. The van der Waals surface area contributed by atoms with Crippen molar-refractivity contribution < 1.29 is 4.79 Å². The molecule has 5 rings (SSSR count). The van der Waals surface area contributed by atoms with Crippen LogP contribution in [-0.4, -0.2) is 18.5 Å². The molecule has 1 atom stereocenters. The number of nitrogens with two attached hydrogens (primary N) is 1. The van der Waals surface area contributed by atoms with Crippen LogP contribution in [0, 0.1) is 29.1 Å². The fourth-order valence-corrected chi connectivity index (χ4v) is 5.48. The Kier molecular flexibility index (Phi) is 2.70. The molecule has 3 N–H and O–H groups in total. The van der Waals surface area contributed by atoms with Gasteiger partial charge >= 0.3 is 0 Å². The first-order valence-electron chi connectivity index (χ1n) is 8.18. The van der Waals surface area contributed by atoms with Gasteiger partial charge in [-0.2, -0.15) is 0 Å². The lowest BCUT2D eigenvalue weighted by Crippen LogP contribution is -2.55. The largest absolute Gasteiger partial charge is 0.354 e. The van der Waals surface area contributed by atoms with Crippen LogP contribution in [0.15, 0.2) is 0 Å². The van der Waals surface area contributed by atoms with E-state index in [1.807, 2.05) is 0 Å². The Morgan fingerprint density at radius 2 is 1.63 bits per heavy atom. The zero-order valence-corrected chi connectivity index (χ0v) is 11.7. The van der Waals surface area contributed by atoms with Gasteiger partial charge in [0.05, 0.1) is 0 Å². The maximum Gasteiger partial charge on any atom is 0.226 e. The molecule has 0 aromatic rings. The van der Waals surface area contributed by atoms with E-state index >= 15 is 0 Å². The van der Waals surface area contributed by atoms with Crippen molar-refractivity contribution in [1.82, 2.24) is 5.32 Å². The highest BCUT2D eigenvalue weighted by atomic mass is 16.2. The minimum atomic E-state index is -0.00196. The van der Waals surface area contributed by atoms with Crippen LogP contribution in [0.2, 0.25) is 0 Å². The maximum absolute atomic E-state index is 12.7. The molecule has 5 aliphatic rings. The zero-order valence-electron chi connectivity index (χ0n) is 11.7. The smallest absolute Gasteiger partial charge is 0.226 e. The van der Waals surface area contributed by atoms with Crippen LogP contribution in [0.4, 0.5) is 0 Å². The topological polar surface area (TPSA) is 55.1 Å². The van der Waals surface area contributed by atoms with E-state index in [1.165, 1.54) is 32.1 Å². The molecule has 0 aliphatic heterocycles. The summed E-state index contributed by atoms with van der Waals surface area (Å²) in [5, 5.41) is 3.20. The Balaban J connectivity index is 1.41. The Bertz CT molecular complexity index is 353. The predicted octanol–water partition coefficient (Wildman–Crippen LogP) is 2.06. The van der Waals surface area contributed by atoms with E-state index < -0.39 is 0 Å². The number of nitrogens with one attached hydrogen (secondary N) is 1. The van der Waals surface area contributed by atoms with Crippen LogP contribution in [0.5, 0.6) is 0 Å². The fourth-order valence-electron chi connectivity index (χ4n) is 5.48. The van der Waals surface area contributed by atoms with Gasteiger partial charge in [0.25, 0.3) is 0 Å². The van der Waals surface area contributed by atoms with Crippen molar-refractivity contribution in [2.75, 3.05) is 6.54 Å². The van der Waals surface area contributed by atoms with E-state index in [9.17, 15) is 4.79 Å². The molecule has 0 aromatic carbocycles. The van der Waals surface area contributed by atoms with Gasteiger partial charge in [-0.25, -0.2) is 0 Å². The molecule has 3 nitrogen and oxygen atoms in total. The van der Waals surface area contributed by atoms with Crippen molar-refractivity contribution in [1.29, 1.82) is 0 Å². The molecule has 0 radical (unpaired) electrons. The Hall–Kier alpha value is -0.570. The van der Waals surface area contributed by atoms with E-state index in [0.29, 0.717) is 18.4 Å². The summed E-state index contributed by atoms with van der Waals surface area (Å²) in [4.78, 5) is 12.7. The first kappa shape index (κ1) is 12.2. The SMILES string of the molecule is NC(CNC(=O)C12CC3CC(CC(C3)C1)C2)C1CC1. The lowest BCUT2D eigenvalue weighted by Gasteiger charge is -2.55. The first-order chi connectivity index (χ1) is 9.14. The maximum atomic E-state index is 12.7. The molecule has 19 heavy (non-hydrogen) atoms. The van der Waals surface area contributed by atoms with Gasteiger partial charge in [-0.15, -0.1) is 0 Å². The van der Waals surface area contributed by atoms with Gasteiger partial charge in [-0.3, -0.25) is 4.79 Å². The molecule has 1 amide bonds. The van der Waals surface area contributed by atoms with Gasteiger partial charge in [0.15, 0.2) is 0 Å². The van der Waals surface area contributed by atoms with Crippen molar-refractivity contribution in [3.63, 3.8) is 0 Å². The summed E-state index contributed by atoms with van der Waals surface area (Å²) >= 11 is 0. The molecule has 4 bridgehead atoms. The van der Waals surface area contributed by atoms with Crippen LogP contribution < -0.4 is 11.1 Å². The quantitative estimate of drug-likeness (QED) is 0.815. The highest BCUT2D eigenvalue weighted by Gasteiger charge is 2.54. The molecular weight excluding hydrogens is 236 g/mol. The normalized spacial score (nSPS) is 45.2. The zero-order chi connectivity index (χ0) is 13.0. The van der Waals surface area contributed by atoms with Gasteiger partial charge in [-0.05, 0) is 75.0 Å². The van der Waals surface area contributed by atoms with Crippen LogP contribution >= 0.6 is 0 Å². The predicted molar refractivity (Wildman–Crippen MR) is 74.3 cm³/mol. The number of hydrogen-bond acceptors (Lipinski definition) is 2. The molecule has 5 fully saturated rings. The lowest BCUT2D eigenvalue weighted by molar-refractivity contribution is -0.146. The number of rotatable bonds is 4. The summed E-state index contributed by atoms with van der Waals surface area (Å²) in [6.45, 7) is 0.700. The summed E-state index contributed by atoms with van der Waals surface area (Å²) in [5.41, 5.74) is 6.10. The first-order valence-corrected chi connectivity index (χ1v) is 8.18. The molecule has 3 heteroatoms. The van der Waals surface area contributed by atoms with E-state index in [-0.39, 0.29) is 11.5 Å². The van der Waals surface area contributed by atoms with E-state index in [1.54, 1.807) is 0 Å². The van der Waals surface area contributed by atoms with Crippen LogP contribution in [0.1, 0.15) is 51.4 Å². The summed E-state index contributed by atoms with van der Waals surface area (Å²) in [6.07, 6.45) is 10.2. The van der Waals surface area contributed by atoms with E-state index in [2.05, 4.69) is 5.32 Å². The summed E-state index contributed by atoms with van der Waals surface area (Å²) in [7, 11) is 0. The number of hydrogen-bond donors (Lipinski definition) is 2. The standard InChI is InChI=1S/C16H26N2O/c17-14(13-1-2-13)9-18-15(19)16-6-10-3-11(7-16)5-12(4-10)8-16/h10-14H,1-9,17H2,(H,18,19). The number of amides is 1. The number of carbonyl (C=O) groups excluding carboxylic acids is 1. The molecule has 0 heterocycles. The summed E-state index contributed by atoms with van der Waals surface area (Å²) < 4.78 is 0. The van der Waals surface area contributed by atoms with Crippen LogP contribution in [0.25, 0.3) is 0 Å². The lowest BCUT2D eigenvalue weighted by atomic mass is 9.49. The van der Waals surface area contributed by atoms with Crippen LogP contribution in [0.3, 0.4) is 0 Å². The van der Waals surface area contributed by atoms with Crippen molar-refractivity contribution in [3.05, 3.63) is 0 Å². The third-order valence-electron chi connectivity index (χ3n) is 6.25. The summed E-state index contributed by atoms with van der Waals surface area (Å²) in [6, 6.07) is 0.192. The second kappa shape index (κ2) is 4.21. The van der Waals surface area contributed by atoms with Crippen molar-refractivity contribution in [2.24, 2.45) is 34.8 Å².